The van der Waals surface area contributed by atoms with Gasteiger partial charge in [-0.2, -0.15) is 0 Å². The molecule has 0 aliphatic carbocycles. The van der Waals surface area contributed by atoms with E-state index in [4.69, 9.17) is 9.40 Å². The Morgan fingerprint density at radius 2 is 1.28 bits per heavy atom. The van der Waals surface area contributed by atoms with Crippen LogP contribution in [0.15, 0.2) is 114 Å². The van der Waals surface area contributed by atoms with E-state index >= 15 is 0 Å². The molecule has 3 heteroatoms. The zero-order valence-corrected chi connectivity index (χ0v) is 20.2. The van der Waals surface area contributed by atoms with Gasteiger partial charge in [0.05, 0.1) is 16.7 Å². The number of aromatic nitrogens is 2. The fraction of sp³-hybridized carbons (Fsp3) is 0.0606. The van der Waals surface area contributed by atoms with E-state index in [0.29, 0.717) is 0 Å². The normalized spacial score (nSPS) is 11.6. The van der Waals surface area contributed by atoms with Gasteiger partial charge in [0.1, 0.15) is 17.2 Å². The summed E-state index contributed by atoms with van der Waals surface area (Å²) in [5.74, 6) is 1.86. The van der Waals surface area contributed by atoms with Gasteiger partial charge in [-0.05, 0) is 60.9 Å². The summed E-state index contributed by atoms with van der Waals surface area (Å²) in [4.78, 5) is 5.22. The number of fused-ring (bicyclic) bond motifs is 4. The fourth-order valence-corrected chi connectivity index (χ4v) is 5.24. The second-order valence-electron chi connectivity index (χ2n) is 9.33. The molecule has 0 aliphatic rings. The Balaban J connectivity index is 1.59. The smallest absolute Gasteiger partial charge is 0.138 e. The summed E-state index contributed by atoms with van der Waals surface area (Å²) < 4.78 is 8.40. The monoisotopic (exact) mass is 464 g/mol. The van der Waals surface area contributed by atoms with Crippen molar-refractivity contribution in [3.63, 3.8) is 0 Å². The Morgan fingerprint density at radius 1 is 0.583 bits per heavy atom. The summed E-state index contributed by atoms with van der Waals surface area (Å²) in [5.41, 5.74) is 8.73. The lowest BCUT2D eigenvalue weighted by Gasteiger charge is -2.13. The molecule has 0 N–H and O–H groups in total. The molecule has 0 radical (unpaired) electrons. The van der Waals surface area contributed by atoms with Crippen LogP contribution < -0.4 is 0 Å². The van der Waals surface area contributed by atoms with Crippen LogP contribution in [0.5, 0.6) is 0 Å². The zero-order valence-electron chi connectivity index (χ0n) is 20.2. The standard InChI is InChI=1S/C33H24N2O/c1-21-22(2)36-32-20-28-26-15-9-10-16-30(26)35(31(28)19-27(21)32)33-18-25(23-11-5-3-6-12-23)17-29(34-33)24-13-7-4-8-14-24/h3-20H,1-2H3. The van der Waals surface area contributed by atoms with Gasteiger partial charge in [-0.25, -0.2) is 4.98 Å². The number of hydrogen-bond acceptors (Lipinski definition) is 2. The van der Waals surface area contributed by atoms with Crippen LogP contribution in [0.1, 0.15) is 11.3 Å². The maximum atomic E-state index is 6.10. The molecule has 0 bridgehead atoms. The second-order valence-corrected chi connectivity index (χ2v) is 9.33. The second kappa shape index (κ2) is 7.96. The quantitative estimate of drug-likeness (QED) is 0.261. The van der Waals surface area contributed by atoms with Gasteiger partial charge in [0.25, 0.3) is 0 Å². The molecule has 3 heterocycles. The van der Waals surface area contributed by atoms with Gasteiger partial charge in [0.15, 0.2) is 0 Å². The Morgan fingerprint density at radius 3 is 2.06 bits per heavy atom. The number of nitrogens with zero attached hydrogens (tertiary/aromatic N) is 2. The van der Waals surface area contributed by atoms with Crippen LogP contribution >= 0.6 is 0 Å². The summed E-state index contributed by atoms with van der Waals surface area (Å²) in [5, 5.41) is 3.50. The molecule has 4 aromatic carbocycles. The van der Waals surface area contributed by atoms with Crippen molar-refractivity contribution < 1.29 is 4.42 Å². The van der Waals surface area contributed by atoms with E-state index in [0.717, 1.165) is 50.4 Å². The maximum absolute atomic E-state index is 6.10. The summed E-state index contributed by atoms with van der Waals surface area (Å²) in [6.07, 6.45) is 0. The molecule has 0 saturated heterocycles. The van der Waals surface area contributed by atoms with Gasteiger partial charge in [0, 0.05) is 21.7 Å². The SMILES string of the molecule is Cc1oc2cc3c4ccccc4n(-c4cc(-c5ccccc5)cc(-c5ccccc5)n4)c3cc2c1C. The first-order valence-corrected chi connectivity index (χ1v) is 12.2. The summed E-state index contributed by atoms with van der Waals surface area (Å²) >= 11 is 0. The molecule has 36 heavy (non-hydrogen) atoms. The summed E-state index contributed by atoms with van der Waals surface area (Å²) in [7, 11) is 0. The minimum absolute atomic E-state index is 0.902. The summed E-state index contributed by atoms with van der Waals surface area (Å²) in [6.45, 7) is 4.16. The molecule has 0 fully saturated rings. The number of pyridine rings is 1. The number of rotatable bonds is 3. The van der Waals surface area contributed by atoms with Crippen molar-refractivity contribution in [2.75, 3.05) is 0 Å². The summed E-state index contributed by atoms with van der Waals surface area (Å²) in [6, 6.07) is 38.3. The molecule has 0 unspecified atom stereocenters. The van der Waals surface area contributed by atoms with E-state index in [1.54, 1.807) is 0 Å². The third-order valence-electron chi connectivity index (χ3n) is 7.19. The Kier molecular flexibility index (Phi) is 4.58. The van der Waals surface area contributed by atoms with Crippen molar-refractivity contribution in [2.24, 2.45) is 0 Å². The first-order chi connectivity index (χ1) is 17.7. The molecule has 3 aromatic heterocycles. The predicted octanol–water partition coefficient (Wildman–Crippen LogP) is 8.88. The average molecular weight is 465 g/mol. The molecule has 172 valence electrons. The van der Waals surface area contributed by atoms with Crippen molar-refractivity contribution in [3.8, 4) is 28.2 Å². The highest BCUT2D eigenvalue weighted by Crippen LogP contribution is 2.38. The van der Waals surface area contributed by atoms with Crippen LogP contribution in [-0.2, 0) is 0 Å². The number of aryl methyl sites for hydroxylation is 2. The molecule has 0 aliphatic heterocycles. The van der Waals surface area contributed by atoms with Crippen LogP contribution in [0.25, 0.3) is 61.0 Å². The number of benzene rings is 4. The minimum Gasteiger partial charge on any atom is -0.461 e. The highest BCUT2D eigenvalue weighted by atomic mass is 16.3. The molecule has 7 rings (SSSR count). The van der Waals surface area contributed by atoms with Crippen LogP contribution in [0, 0.1) is 13.8 Å². The van der Waals surface area contributed by atoms with Crippen LogP contribution in [-0.4, -0.2) is 9.55 Å². The molecule has 0 atom stereocenters. The highest BCUT2D eigenvalue weighted by Gasteiger charge is 2.18. The van der Waals surface area contributed by atoms with Crippen molar-refractivity contribution in [1.82, 2.24) is 9.55 Å². The zero-order chi connectivity index (χ0) is 24.2. The van der Waals surface area contributed by atoms with E-state index in [1.165, 1.54) is 21.9 Å². The Bertz CT molecular complexity index is 1840. The number of furan rings is 1. The van der Waals surface area contributed by atoms with Crippen LogP contribution in [0.4, 0.5) is 0 Å². The van der Waals surface area contributed by atoms with Gasteiger partial charge < -0.3 is 4.42 Å². The highest BCUT2D eigenvalue weighted by molar-refractivity contribution is 6.13. The lowest BCUT2D eigenvalue weighted by atomic mass is 10.0. The molecule has 3 nitrogen and oxygen atoms in total. The largest absolute Gasteiger partial charge is 0.461 e. The molecule has 0 saturated carbocycles. The third-order valence-corrected chi connectivity index (χ3v) is 7.19. The minimum atomic E-state index is 0.902. The third kappa shape index (κ3) is 3.17. The lowest BCUT2D eigenvalue weighted by Crippen LogP contribution is -2.00. The van der Waals surface area contributed by atoms with E-state index < -0.39 is 0 Å². The molecular weight excluding hydrogens is 440 g/mol. The lowest BCUT2D eigenvalue weighted by molar-refractivity contribution is 0.575. The van der Waals surface area contributed by atoms with E-state index in [1.807, 2.05) is 13.0 Å². The molecule has 0 spiro atoms. The Hall–Kier alpha value is -4.63. The predicted molar refractivity (Wildman–Crippen MR) is 149 cm³/mol. The van der Waals surface area contributed by atoms with Gasteiger partial charge in [-0.1, -0.05) is 78.9 Å². The molecule has 0 amide bonds. The topological polar surface area (TPSA) is 31.0 Å². The van der Waals surface area contributed by atoms with Crippen LogP contribution in [0.2, 0.25) is 0 Å². The van der Waals surface area contributed by atoms with E-state index in [9.17, 15) is 0 Å². The first-order valence-electron chi connectivity index (χ1n) is 12.2. The molecule has 7 aromatic rings. The van der Waals surface area contributed by atoms with Gasteiger partial charge >= 0.3 is 0 Å². The van der Waals surface area contributed by atoms with Gasteiger partial charge in [0.2, 0.25) is 0 Å². The van der Waals surface area contributed by atoms with Crippen molar-refractivity contribution in [2.45, 2.75) is 13.8 Å². The first kappa shape index (κ1) is 20.7. The number of hydrogen-bond donors (Lipinski definition) is 0. The molecular formula is C33H24N2O. The van der Waals surface area contributed by atoms with Gasteiger partial charge in [-0.15, -0.1) is 0 Å². The van der Waals surface area contributed by atoms with Crippen LogP contribution in [0.3, 0.4) is 0 Å². The van der Waals surface area contributed by atoms with Crippen molar-refractivity contribution >= 4 is 32.8 Å². The fourth-order valence-electron chi connectivity index (χ4n) is 5.24. The van der Waals surface area contributed by atoms with Crippen molar-refractivity contribution in [3.05, 3.63) is 121 Å². The van der Waals surface area contributed by atoms with E-state index in [-0.39, 0.29) is 0 Å². The Labute approximate surface area is 209 Å². The van der Waals surface area contributed by atoms with Crippen molar-refractivity contribution in [1.29, 1.82) is 0 Å². The number of para-hydroxylation sites is 1. The average Bonchev–Trinajstić information content (AvgIpc) is 3.41. The van der Waals surface area contributed by atoms with E-state index in [2.05, 4.69) is 115 Å². The van der Waals surface area contributed by atoms with Gasteiger partial charge in [-0.3, -0.25) is 4.57 Å². The maximum Gasteiger partial charge on any atom is 0.138 e.